The summed E-state index contributed by atoms with van der Waals surface area (Å²) in [5.41, 5.74) is -0.624. The summed E-state index contributed by atoms with van der Waals surface area (Å²) in [4.78, 5) is 23.6. The van der Waals surface area contributed by atoms with Crippen molar-refractivity contribution >= 4 is 23.6 Å². The molecule has 0 aliphatic heterocycles. The molecule has 1 aliphatic rings. The predicted octanol–water partition coefficient (Wildman–Crippen LogP) is 0.787. The van der Waals surface area contributed by atoms with Crippen molar-refractivity contribution in [3.05, 3.63) is 0 Å². The molecule has 1 amide bonds. The van der Waals surface area contributed by atoms with Crippen LogP contribution in [0.3, 0.4) is 0 Å². The number of likely N-dealkylation sites (N-methyl/N-ethyl adjacent to an activating group) is 1. The van der Waals surface area contributed by atoms with E-state index in [1.165, 1.54) is 18.9 Å². The average molecular weight is 288 g/mol. The van der Waals surface area contributed by atoms with E-state index >= 15 is 0 Å². The van der Waals surface area contributed by atoms with Crippen LogP contribution in [0.1, 0.15) is 26.7 Å². The number of carbonyl (C=O) groups is 2. The van der Waals surface area contributed by atoms with Gasteiger partial charge in [0, 0.05) is 12.3 Å². The Labute approximate surface area is 119 Å². The maximum atomic E-state index is 12.1. The number of hydrogen-bond acceptors (Lipinski definition) is 5. The van der Waals surface area contributed by atoms with Crippen molar-refractivity contribution < 1.29 is 14.3 Å². The van der Waals surface area contributed by atoms with Gasteiger partial charge in [-0.2, -0.15) is 0 Å². The fourth-order valence-corrected chi connectivity index (χ4v) is 3.40. The topological polar surface area (TPSA) is 67.4 Å². The second-order valence-electron chi connectivity index (χ2n) is 4.71. The summed E-state index contributed by atoms with van der Waals surface area (Å²) in [5, 5.41) is 6.04. The highest BCUT2D eigenvalue weighted by molar-refractivity contribution is 8.00. The highest BCUT2D eigenvalue weighted by Gasteiger charge is 2.51. The van der Waals surface area contributed by atoms with Crippen LogP contribution in [0.4, 0.5) is 0 Å². The van der Waals surface area contributed by atoms with E-state index in [1.807, 2.05) is 13.8 Å². The molecule has 0 aromatic carbocycles. The largest absolute Gasteiger partial charge is 0.468 e. The van der Waals surface area contributed by atoms with Gasteiger partial charge in [0.2, 0.25) is 5.91 Å². The van der Waals surface area contributed by atoms with E-state index in [0.29, 0.717) is 30.5 Å². The lowest BCUT2D eigenvalue weighted by atomic mass is 9.95. The third-order valence-electron chi connectivity index (χ3n) is 3.25. The van der Waals surface area contributed by atoms with E-state index in [2.05, 4.69) is 10.6 Å². The maximum Gasteiger partial charge on any atom is 0.327 e. The van der Waals surface area contributed by atoms with Crippen LogP contribution in [0.25, 0.3) is 0 Å². The first-order valence-electron chi connectivity index (χ1n) is 6.78. The predicted molar refractivity (Wildman–Crippen MR) is 77.2 cm³/mol. The van der Waals surface area contributed by atoms with Crippen LogP contribution >= 0.6 is 11.8 Å². The van der Waals surface area contributed by atoms with Gasteiger partial charge in [0.05, 0.1) is 12.9 Å². The molecule has 2 N–H and O–H groups in total. The van der Waals surface area contributed by atoms with E-state index in [9.17, 15) is 9.59 Å². The lowest BCUT2D eigenvalue weighted by molar-refractivity contribution is -0.148. The zero-order chi connectivity index (χ0) is 14.3. The van der Waals surface area contributed by atoms with E-state index in [1.54, 1.807) is 0 Å². The highest BCUT2D eigenvalue weighted by atomic mass is 32.2. The molecular weight excluding hydrogens is 264 g/mol. The number of rotatable bonds is 9. The second-order valence-corrected chi connectivity index (χ2v) is 5.70. The lowest BCUT2D eigenvalue weighted by Crippen LogP contribution is -2.57. The molecule has 0 aromatic heterocycles. The number of thioether (sulfide) groups is 1. The van der Waals surface area contributed by atoms with Crippen LogP contribution in [0.5, 0.6) is 0 Å². The molecule has 1 aliphatic carbocycles. The van der Waals surface area contributed by atoms with Gasteiger partial charge in [-0.1, -0.05) is 6.92 Å². The van der Waals surface area contributed by atoms with Crippen LogP contribution in [0.15, 0.2) is 0 Å². The Morgan fingerprint density at radius 3 is 2.47 bits per heavy atom. The molecule has 0 bridgehead atoms. The van der Waals surface area contributed by atoms with Crippen molar-refractivity contribution in [2.24, 2.45) is 5.92 Å². The minimum absolute atomic E-state index is 0.0126. The molecule has 0 saturated heterocycles. The van der Waals surface area contributed by atoms with Gasteiger partial charge >= 0.3 is 5.97 Å². The summed E-state index contributed by atoms with van der Waals surface area (Å²) >= 11 is 1.48. The molecule has 6 heteroatoms. The van der Waals surface area contributed by atoms with Gasteiger partial charge in [0.15, 0.2) is 0 Å². The Morgan fingerprint density at radius 2 is 2.00 bits per heavy atom. The SMILES string of the molecule is CCNC(=O)CSCC(NCC)(C(=O)OC)C1CC1. The summed E-state index contributed by atoms with van der Waals surface area (Å²) in [6.45, 7) is 5.23. The van der Waals surface area contributed by atoms with Crippen molar-refractivity contribution in [1.29, 1.82) is 0 Å². The van der Waals surface area contributed by atoms with Crippen LogP contribution in [0, 0.1) is 5.92 Å². The molecule has 19 heavy (non-hydrogen) atoms. The third-order valence-corrected chi connectivity index (χ3v) is 4.38. The van der Waals surface area contributed by atoms with E-state index in [4.69, 9.17) is 4.74 Å². The number of ether oxygens (including phenoxy) is 1. The monoisotopic (exact) mass is 288 g/mol. The molecule has 0 radical (unpaired) electrons. The van der Waals surface area contributed by atoms with Crippen LogP contribution < -0.4 is 10.6 Å². The summed E-state index contributed by atoms with van der Waals surface area (Å²) < 4.78 is 4.96. The van der Waals surface area contributed by atoms with Gasteiger partial charge in [-0.25, -0.2) is 0 Å². The standard InChI is InChI=1S/C13H24N2O3S/c1-4-14-11(16)8-19-9-13(15-5-2,10-6-7-10)12(17)18-3/h10,15H,4-9H2,1-3H3,(H,14,16). The fraction of sp³-hybridized carbons (Fsp3) is 0.846. The Hall–Kier alpha value is -0.750. The third kappa shape index (κ3) is 4.38. The average Bonchev–Trinajstić information content (AvgIpc) is 3.21. The number of amides is 1. The number of carbonyl (C=O) groups excluding carboxylic acids is 2. The van der Waals surface area contributed by atoms with E-state index < -0.39 is 5.54 Å². The highest BCUT2D eigenvalue weighted by Crippen LogP contribution is 2.42. The van der Waals surface area contributed by atoms with E-state index in [0.717, 1.165) is 12.8 Å². The van der Waals surface area contributed by atoms with Crippen molar-refractivity contribution in [3.8, 4) is 0 Å². The molecule has 110 valence electrons. The second kappa shape index (κ2) is 7.75. The van der Waals surface area contributed by atoms with Gasteiger partial charge < -0.3 is 15.4 Å². The van der Waals surface area contributed by atoms with Crippen LogP contribution in [-0.2, 0) is 14.3 Å². The molecule has 0 heterocycles. The zero-order valence-electron chi connectivity index (χ0n) is 12.0. The molecule has 1 atom stereocenters. The summed E-state index contributed by atoms with van der Waals surface area (Å²) in [6, 6.07) is 0. The van der Waals surface area contributed by atoms with E-state index in [-0.39, 0.29) is 11.9 Å². The van der Waals surface area contributed by atoms with Gasteiger partial charge in [-0.3, -0.25) is 9.59 Å². The first-order chi connectivity index (χ1) is 9.10. The van der Waals surface area contributed by atoms with Crippen molar-refractivity contribution in [2.45, 2.75) is 32.2 Å². The summed E-state index contributed by atoms with van der Waals surface area (Å²) in [6.07, 6.45) is 2.09. The molecule has 1 fully saturated rings. The van der Waals surface area contributed by atoms with Crippen molar-refractivity contribution in [1.82, 2.24) is 10.6 Å². The Morgan fingerprint density at radius 1 is 1.32 bits per heavy atom. The molecule has 0 spiro atoms. The summed E-state index contributed by atoms with van der Waals surface area (Å²) in [7, 11) is 1.42. The van der Waals surface area contributed by atoms with Crippen LogP contribution in [-0.4, -0.2) is 49.1 Å². The Bertz CT molecular complexity index is 321. The maximum absolute atomic E-state index is 12.1. The van der Waals surface area contributed by atoms with Crippen molar-refractivity contribution in [3.63, 3.8) is 0 Å². The lowest BCUT2D eigenvalue weighted by Gasteiger charge is -2.31. The number of methoxy groups -OCH3 is 1. The normalized spacial score (nSPS) is 17.6. The molecule has 0 aromatic rings. The van der Waals surface area contributed by atoms with Crippen LogP contribution in [0.2, 0.25) is 0 Å². The number of hydrogen-bond donors (Lipinski definition) is 2. The molecular formula is C13H24N2O3S. The first-order valence-corrected chi connectivity index (χ1v) is 7.94. The Balaban J connectivity index is 2.58. The first kappa shape index (κ1) is 16.3. The number of esters is 1. The Kier molecular flexibility index (Phi) is 6.65. The van der Waals surface area contributed by atoms with Gasteiger partial charge in [-0.05, 0) is 32.2 Å². The molecule has 1 saturated carbocycles. The quantitative estimate of drug-likeness (QED) is 0.614. The molecule has 1 unspecified atom stereocenters. The summed E-state index contributed by atoms with van der Waals surface area (Å²) in [5.74, 6) is 1.10. The zero-order valence-corrected chi connectivity index (χ0v) is 12.8. The minimum Gasteiger partial charge on any atom is -0.468 e. The van der Waals surface area contributed by atoms with Gasteiger partial charge in [-0.15, -0.1) is 11.8 Å². The van der Waals surface area contributed by atoms with Gasteiger partial charge in [0.25, 0.3) is 0 Å². The smallest absolute Gasteiger partial charge is 0.327 e. The molecule has 1 rings (SSSR count). The van der Waals surface area contributed by atoms with Gasteiger partial charge in [0.1, 0.15) is 5.54 Å². The molecule has 5 nitrogen and oxygen atoms in total. The van der Waals surface area contributed by atoms with Crippen molar-refractivity contribution in [2.75, 3.05) is 31.7 Å². The fourth-order valence-electron chi connectivity index (χ4n) is 2.24. The minimum atomic E-state index is -0.624. The number of nitrogens with one attached hydrogen (secondary N) is 2.